The Hall–Kier alpha value is -4.19. The average molecular weight is 585 g/mol. The zero-order valence-electron chi connectivity index (χ0n) is 24.7. The molecule has 0 saturated carbocycles. The van der Waals surface area contributed by atoms with Crippen LogP contribution in [0.5, 0.6) is 0 Å². The quantitative estimate of drug-likeness (QED) is 0.197. The number of aliphatic hydroxyl groups excluding tert-OH is 1. The summed E-state index contributed by atoms with van der Waals surface area (Å²) in [6, 6.07) is 0. The van der Waals surface area contributed by atoms with Crippen LogP contribution in [-0.2, 0) is 57.2 Å². The Labute approximate surface area is 235 Å². The first-order chi connectivity index (χ1) is 18.7. The molecule has 0 heterocycles. The van der Waals surface area contributed by atoms with Gasteiger partial charge in [-0.05, 0) is 13.8 Å². The molecule has 0 atom stereocenters. The van der Waals surface area contributed by atoms with E-state index >= 15 is 0 Å². The van der Waals surface area contributed by atoms with E-state index in [1.54, 1.807) is 27.7 Å². The molecular formula is C25H44O15. The van der Waals surface area contributed by atoms with Gasteiger partial charge in [0.25, 0.3) is 0 Å². The number of aliphatic hydroxyl groups is 1. The van der Waals surface area contributed by atoms with Crippen LogP contribution >= 0.6 is 0 Å². The Bertz CT molecular complexity index is 659. The predicted octanol–water partition coefficient (Wildman–Crippen LogP) is 1.37. The Balaban J connectivity index is -0.0000000900. The molecule has 0 amide bonds. The molecule has 0 unspecified atom stereocenters. The third-order valence-corrected chi connectivity index (χ3v) is 2.95. The summed E-state index contributed by atoms with van der Waals surface area (Å²) in [5, 5.41) is 23.3. The highest BCUT2D eigenvalue weighted by molar-refractivity contribution is 5.76. The van der Waals surface area contributed by atoms with Crippen LogP contribution in [0.4, 0.5) is 0 Å². The van der Waals surface area contributed by atoms with Gasteiger partial charge in [-0.15, -0.1) is 11.8 Å². The first-order valence-corrected chi connectivity index (χ1v) is 11.6. The molecule has 234 valence electrons. The van der Waals surface area contributed by atoms with Gasteiger partial charge in [-0.1, -0.05) is 27.7 Å². The second kappa shape index (κ2) is 41.9. The molecular weight excluding hydrogens is 540 g/mol. The number of esters is 5. The highest BCUT2D eigenvalue weighted by Crippen LogP contribution is 1.85. The van der Waals surface area contributed by atoms with Gasteiger partial charge in [0.2, 0.25) is 0 Å². The van der Waals surface area contributed by atoms with Crippen LogP contribution in [0, 0.1) is 11.8 Å². The lowest BCUT2D eigenvalue weighted by atomic mass is 10.5. The molecule has 0 aromatic heterocycles. The Morgan fingerprint density at radius 2 is 0.775 bits per heavy atom. The van der Waals surface area contributed by atoms with Crippen molar-refractivity contribution in [1.82, 2.24) is 0 Å². The third-order valence-electron chi connectivity index (χ3n) is 2.95. The number of ether oxygens (including phenoxy) is 5. The molecule has 0 rings (SSSR count). The molecule has 0 aliphatic rings. The van der Waals surface area contributed by atoms with Crippen molar-refractivity contribution in [2.75, 3.05) is 41.2 Å². The van der Waals surface area contributed by atoms with Gasteiger partial charge in [0.15, 0.2) is 13.2 Å². The van der Waals surface area contributed by atoms with Crippen molar-refractivity contribution in [3.8, 4) is 11.8 Å². The maximum atomic E-state index is 10.4. The fourth-order valence-corrected chi connectivity index (χ4v) is 0.665. The molecule has 0 aliphatic heterocycles. The van der Waals surface area contributed by atoms with Gasteiger partial charge in [0.05, 0.1) is 21.3 Å². The van der Waals surface area contributed by atoms with Gasteiger partial charge in [-0.25, -0.2) is 14.4 Å². The molecule has 15 nitrogen and oxygen atoms in total. The van der Waals surface area contributed by atoms with E-state index in [9.17, 15) is 33.6 Å². The Morgan fingerprint density at radius 3 is 0.875 bits per heavy atom. The molecule has 0 aromatic rings. The zero-order valence-corrected chi connectivity index (χ0v) is 24.7. The standard InChI is InChI=1S/2C6H10O4.C4H6.C3H6O3.2C3H6O2/c2*1-3-5(7)10-4-6(8)9-2;1-3-4-2;1-6-3(5)2-4;2*1-2-3(4)5/h2*3-4H2,1-2H3;1-2H3;4H,2H2,1H3;2*2H2,1H3,(H,4,5). The molecule has 40 heavy (non-hydrogen) atoms. The summed E-state index contributed by atoms with van der Waals surface area (Å²) < 4.78 is 21.3. The summed E-state index contributed by atoms with van der Waals surface area (Å²) in [6.07, 6.45) is 0.994. The van der Waals surface area contributed by atoms with E-state index in [-0.39, 0.29) is 38.9 Å². The zero-order chi connectivity index (χ0) is 32.9. The summed E-state index contributed by atoms with van der Waals surface area (Å²) in [5.74, 6) is 1.39. The molecule has 0 fully saturated rings. The molecule has 0 aliphatic carbocycles. The van der Waals surface area contributed by atoms with Gasteiger partial charge in [0, 0.05) is 25.7 Å². The molecule has 0 saturated heterocycles. The van der Waals surface area contributed by atoms with Gasteiger partial charge < -0.3 is 39.0 Å². The number of aliphatic carboxylic acids is 2. The molecule has 15 heteroatoms. The van der Waals surface area contributed by atoms with E-state index < -0.39 is 48.4 Å². The molecule has 0 radical (unpaired) electrons. The van der Waals surface area contributed by atoms with Crippen molar-refractivity contribution in [1.29, 1.82) is 0 Å². The highest BCUT2D eigenvalue weighted by Gasteiger charge is 2.04. The van der Waals surface area contributed by atoms with E-state index in [1.807, 2.05) is 13.8 Å². The maximum absolute atomic E-state index is 10.4. The van der Waals surface area contributed by atoms with Crippen molar-refractivity contribution >= 4 is 41.8 Å². The van der Waals surface area contributed by atoms with Crippen molar-refractivity contribution in [3.05, 3.63) is 0 Å². The maximum Gasteiger partial charge on any atom is 0.344 e. The lowest BCUT2D eigenvalue weighted by Gasteiger charge is -1.99. The van der Waals surface area contributed by atoms with Crippen LogP contribution in [0.15, 0.2) is 0 Å². The third kappa shape index (κ3) is 70.0. The Morgan fingerprint density at radius 1 is 0.525 bits per heavy atom. The number of carboxylic acid groups (broad SMARTS) is 2. The minimum atomic E-state index is -0.745. The summed E-state index contributed by atoms with van der Waals surface area (Å²) in [7, 11) is 3.70. The molecule has 3 N–H and O–H groups in total. The summed E-state index contributed by atoms with van der Waals surface area (Å²) in [4.78, 5) is 69.9. The fraction of sp³-hybridized carbons (Fsp3) is 0.640. The minimum Gasteiger partial charge on any atom is -0.481 e. The summed E-state index contributed by atoms with van der Waals surface area (Å²) in [6.45, 7) is 9.03. The van der Waals surface area contributed by atoms with Crippen LogP contribution in [-0.4, -0.2) is 98.3 Å². The van der Waals surface area contributed by atoms with Gasteiger partial charge in [-0.3, -0.25) is 19.2 Å². The summed E-state index contributed by atoms with van der Waals surface area (Å²) in [5.41, 5.74) is 0. The number of methoxy groups -OCH3 is 3. The Kier molecular flexibility index (Phi) is 51.2. The number of hydrogen-bond donors (Lipinski definition) is 3. The molecule has 0 bridgehead atoms. The van der Waals surface area contributed by atoms with Crippen LogP contribution < -0.4 is 0 Å². The van der Waals surface area contributed by atoms with Crippen LogP contribution in [0.2, 0.25) is 0 Å². The van der Waals surface area contributed by atoms with E-state index in [1.165, 1.54) is 21.3 Å². The first kappa shape index (κ1) is 48.8. The van der Waals surface area contributed by atoms with Gasteiger partial charge in [-0.2, -0.15) is 0 Å². The highest BCUT2D eigenvalue weighted by atomic mass is 16.6. The van der Waals surface area contributed by atoms with Crippen LogP contribution in [0.25, 0.3) is 0 Å². The fourth-order valence-electron chi connectivity index (χ4n) is 0.665. The largest absolute Gasteiger partial charge is 0.481 e. The monoisotopic (exact) mass is 584 g/mol. The average Bonchev–Trinajstić information content (AvgIpc) is 2.98. The SMILES string of the molecule is CC#CC.CCC(=O)O.CCC(=O)O.CCC(=O)OCC(=O)OC.CCC(=O)OCC(=O)OC.COC(=O)CO. The topological polar surface area (TPSA) is 226 Å². The van der Waals surface area contributed by atoms with E-state index in [0.29, 0.717) is 0 Å². The number of carboxylic acids is 2. The molecule has 0 aromatic carbocycles. The predicted molar refractivity (Wildman–Crippen MR) is 141 cm³/mol. The van der Waals surface area contributed by atoms with Crippen molar-refractivity contribution in [2.45, 2.75) is 67.2 Å². The van der Waals surface area contributed by atoms with Crippen molar-refractivity contribution in [2.24, 2.45) is 0 Å². The van der Waals surface area contributed by atoms with Gasteiger partial charge in [0.1, 0.15) is 6.61 Å². The summed E-state index contributed by atoms with van der Waals surface area (Å²) >= 11 is 0. The number of hydrogen-bond acceptors (Lipinski definition) is 13. The van der Waals surface area contributed by atoms with Crippen molar-refractivity contribution in [3.63, 3.8) is 0 Å². The van der Waals surface area contributed by atoms with Crippen LogP contribution in [0.3, 0.4) is 0 Å². The normalized spacial score (nSPS) is 7.65. The second-order valence-electron chi connectivity index (χ2n) is 5.91. The smallest absolute Gasteiger partial charge is 0.344 e. The van der Waals surface area contributed by atoms with Crippen molar-refractivity contribution < 1.29 is 72.6 Å². The number of carbonyl (C=O) groups excluding carboxylic acids is 5. The van der Waals surface area contributed by atoms with E-state index in [2.05, 4.69) is 35.5 Å². The molecule has 0 spiro atoms. The number of rotatable bonds is 9. The van der Waals surface area contributed by atoms with E-state index in [0.717, 1.165) is 0 Å². The number of carbonyl (C=O) groups is 7. The first-order valence-electron chi connectivity index (χ1n) is 11.6. The van der Waals surface area contributed by atoms with Crippen LogP contribution in [0.1, 0.15) is 67.2 Å². The lowest BCUT2D eigenvalue weighted by Crippen LogP contribution is -2.13. The lowest BCUT2D eigenvalue weighted by molar-refractivity contribution is -0.156. The minimum absolute atomic E-state index is 0.222. The van der Waals surface area contributed by atoms with Gasteiger partial charge >= 0.3 is 41.8 Å². The second-order valence-corrected chi connectivity index (χ2v) is 5.91. The van der Waals surface area contributed by atoms with E-state index in [4.69, 9.17) is 15.3 Å².